The topological polar surface area (TPSA) is 209 Å². The highest BCUT2D eigenvalue weighted by atomic mass is 35.5. The van der Waals surface area contributed by atoms with Crippen molar-refractivity contribution in [3.8, 4) is 22.8 Å². The number of halogens is 4. The molecule has 326 valence electrons. The number of aliphatic hydroxyl groups is 3. The molecule has 2 aliphatic heterocycles. The zero-order chi connectivity index (χ0) is 43.0. The average molecular weight is 884 g/mol. The molecular weight excluding hydrogens is 833 g/mol. The Morgan fingerprint density at radius 1 is 0.754 bits per heavy atom. The van der Waals surface area contributed by atoms with Crippen LogP contribution in [0.5, 0.6) is 0 Å². The maximum atomic E-state index is 14.5. The van der Waals surface area contributed by atoms with E-state index in [1.54, 1.807) is 36.9 Å². The highest BCUT2D eigenvalue weighted by Crippen LogP contribution is 2.30. The molecule has 0 spiro atoms. The number of rotatable bonds is 14. The van der Waals surface area contributed by atoms with Crippen LogP contribution in [-0.2, 0) is 4.74 Å². The minimum absolute atomic E-state index is 0.0123. The van der Waals surface area contributed by atoms with Crippen LogP contribution in [0.2, 0.25) is 10.0 Å². The zero-order valence-electron chi connectivity index (χ0n) is 33.8. The fraction of sp³-hybridized carbons (Fsp3) is 0.463. The van der Waals surface area contributed by atoms with Crippen molar-refractivity contribution in [2.45, 2.75) is 69.9 Å². The molecule has 4 atom stereocenters. The third-order valence-corrected chi connectivity index (χ3v) is 10.8. The van der Waals surface area contributed by atoms with Gasteiger partial charge in [0.05, 0.1) is 54.0 Å². The van der Waals surface area contributed by atoms with Gasteiger partial charge in [-0.1, -0.05) is 23.2 Å². The van der Waals surface area contributed by atoms with E-state index < -0.39 is 23.8 Å². The zero-order valence-corrected chi connectivity index (χ0v) is 35.3. The third kappa shape index (κ3) is 11.6. The molecule has 0 bridgehead atoms. The van der Waals surface area contributed by atoms with Crippen LogP contribution in [0.3, 0.4) is 0 Å². The standard InChI is InChI=1S/C22H28ClFN6O2.C19H22ClFN6O2/c1-13(2)32-12-16(31)11-30-5-3-4-15(10-30)28-22-19(24)9-27-21(29-22)18-8-26-20-17(18)6-14(23)7-25-20;20-11-4-14-15(6-23-17(14)22-5-11)18-24-7-16(21)19(26-18)25-12-2-1-3-27(8-12)9-13(29)10-28/h6-9,13,15-16,31H,3-5,10-12H2,1-2H3,(H,25,26)(H,27,28,29);4-7,12-13,28-29H,1-3,8-10H2,(H,22,23)(H,24,25,26). The van der Waals surface area contributed by atoms with E-state index in [-0.39, 0.29) is 36.4 Å². The van der Waals surface area contributed by atoms with Gasteiger partial charge >= 0.3 is 0 Å². The lowest BCUT2D eigenvalue weighted by Crippen LogP contribution is -2.46. The highest BCUT2D eigenvalue weighted by Gasteiger charge is 2.25. The summed E-state index contributed by atoms with van der Waals surface area (Å²) in [7, 11) is 0. The van der Waals surface area contributed by atoms with E-state index in [0.29, 0.717) is 76.9 Å². The molecule has 61 heavy (non-hydrogen) atoms. The number of hydrogen-bond acceptors (Lipinski definition) is 14. The van der Waals surface area contributed by atoms with Crippen molar-refractivity contribution in [3.05, 3.63) is 71.0 Å². The van der Waals surface area contributed by atoms with Gasteiger partial charge in [0.1, 0.15) is 11.3 Å². The normalized spacial score (nSPS) is 18.6. The Morgan fingerprint density at radius 3 is 1.69 bits per heavy atom. The number of β-amino-alcohol motifs (C(OH)–C–C–N with tert-alkyl or cyclic N) is 2. The van der Waals surface area contributed by atoms with E-state index in [4.69, 9.17) is 33.0 Å². The molecule has 0 saturated carbocycles. The van der Waals surface area contributed by atoms with E-state index in [1.165, 1.54) is 6.20 Å². The van der Waals surface area contributed by atoms with Crippen molar-refractivity contribution in [3.63, 3.8) is 0 Å². The molecule has 2 aliphatic rings. The Kier molecular flexibility index (Phi) is 14.9. The van der Waals surface area contributed by atoms with Gasteiger partial charge in [-0.15, -0.1) is 0 Å². The number of aromatic nitrogens is 8. The minimum atomic E-state index is -0.779. The van der Waals surface area contributed by atoms with Crippen LogP contribution in [-0.4, -0.2) is 148 Å². The molecule has 0 aliphatic carbocycles. The van der Waals surface area contributed by atoms with Crippen molar-refractivity contribution in [1.29, 1.82) is 0 Å². The molecular formula is C41H50Cl2F2N12O4. The molecule has 4 unspecified atom stereocenters. The van der Waals surface area contributed by atoms with E-state index in [2.05, 4.69) is 60.3 Å². The van der Waals surface area contributed by atoms with Gasteiger partial charge in [0.2, 0.25) is 0 Å². The Labute approximate surface area is 361 Å². The fourth-order valence-electron chi connectivity index (χ4n) is 7.60. The lowest BCUT2D eigenvalue weighted by Gasteiger charge is -2.34. The van der Waals surface area contributed by atoms with Crippen LogP contribution in [0.25, 0.3) is 44.8 Å². The smallest absolute Gasteiger partial charge is 0.183 e. The van der Waals surface area contributed by atoms with Gasteiger partial charge in [-0.05, 0) is 64.8 Å². The van der Waals surface area contributed by atoms with Crippen molar-refractivity contribution < 1.29 is 28.8 Å². The molecule has 0 radical (unpaired) electrons. The lowest BCUT2D eigenvalue weighted by molar-refractivity contribution is -0.0110. The Hall–Kier alpha value is -4.66. The summed E-state index contributed by atoms with van der Waals surface area (Å²) < 4.78 is 34.4. The van der Waals surface area contributed by atoms with Crippen molar-refractivity contribution >= 4 is 56.9 Å². The molecule has 8 rings (SSSR count). The van der Waals surface area contributed by atoms with Gasteiger partial charge in [0.15, 0.2) is 34.9 Å². The van der Waals surface area contributed by atoms with Gasteiger partial charge in [0, 0.05) is 84.9 Å². The van der Waals surface area contributed by atoms with E-state index in [9.17, 15) is 19.0 Å². The first-order valence-electron chi connectivity index (χ1n) is 20.3. The summed E-state index contributed by atoms with van der Waals surface area (Å²) in [6.07, 6.45) is 11.2. The van der Waals surface area contributed by atoms with Crippen LogP contribution in [0.4, 0.5) is 20.4 Å². The number of aliphatic hydroxyl groups excluding tert-OH is 3. The minimum Gasteiger partial charge on any atom is -0.394 e. The van der Waals surface area contributed by atoms with Gasteiger partial charge in [-0.3, -0.25) is 9.80 Å². The van der Waals surface area contributed by atoms with Crippen LogP contribution in [0.15, 0.2) is 49.3 Å². The van der Waals surface area contributed by atoms with E-state index in [0.717, 1.165) is 55.7 Å². The summed E-state index contributed by atoms with van der Waals surface area (Å²) in [4.78, 5) is 35.9. The van der Waals surface area contributed by atoms with Gasteiger partial charge in [-0.2, -0.15) is 0 Å². The number of anilines is 2. The quantitative estimate of drug-likeness (QED) is 0.0720. The van der Waals surface area contributed by atoms with Crippen LogP contribution in [0, 0.1) is 11.6 Å². The van der Waals surface area contributed by atoms with E-state index in [1.807, 2.05) is 13.8 Å². The molecule has 8 heterocycles. The lowest BCUT2D eigenvalue weighted by atomic mass is 10.1. The summed E-state index contributed by atoms with van der Waals surface area (Å²) in [6, 6.07) is 3.54. The van der Waals surface area contributed by atoms with Gasteiger partial charge in [0.25, 0.3) is 0 Å². The molecule has 0 amide bonds. The van der Waals surface area contributed by atoms with Crippen LogP contribution < -0.4 is 10.6 Å². The molecule has 6 aromatic rings. The maximum Gasteiger partial charge on any atom is 0.183 e. The summed E-state index contributed by atoms with van der Waals surface area (Å²) >= 11 is 12.1. The first-order chi connectivity index (χ1) is 29.4. The summed E-state index contributed by atoms with van der Waals surface area (Å²) in [5.41, 5.74) is 2.71. The number of nitrogens with zero attached hydrogens (tertiary/aromatic N) is 8. The van der Waals surface area contributed by atoms with Crippen LogP contribution >= 0.6 is 23.2 Å². The monoisotopic (exact) mass is 882 g/mol. The Morgan fingerprint density at radius 2 is 1.23 bits per heavy atom. The summed E-state index contributed by atoms with van der Waals surface area (Å²) in [6.45, 7) is 7.85. The fourth-order valence-corrected chi connectivity index (χ4v) is 7.91. The summed E-state index contributed by atoms with van der Waals surface area (Å²) in [5.74, 6) is 0.0130. The first-order valence-corrected chi connectivity index (χ1v) is 21.1. The first kappa shape index (κ1) is 44.4. The van der Waals surface area contributed by atoms with Crippen molar-refractivity contribution in [2.75, 3.05) is 63.1 Å². The number of piperidine rings is 2. The second kappa shape index (κ2) is 20.5. The average Bonchev–Trinajstić information content (AvgIpc) is 3.86. The predicted octanol–water partition coefficient (Wildman–Crippen LogP) is 5.52. The molecule has 16 nitrogen and oxygen atoms in total. The predicted molar refractivity (Wildman–Crippen MR) is 231 cm³/mol. The van der Waals surface area contributed by atoms with Gasteiger partial charge in [-0.25, -0.2) is 38.7 Å². The number of nitrogens with one attached hydrogen (secondary N) is 4. The highest BCUT2D eigenvalue weighted by molar-refractivity contribution is 6.31. The Balaban J connectivity index is 0.000000185. The number of likely N-dealkylation sites (tertiary alicyclic amines) is 2. The Bertz CT molecular complexity index is 2390. The maximum absolute atomic E-state index is 14.5. The second-order valence-electron chi connectivity index (χ2n) is 15.6. The molecule has 2 fully saturated rings. The molecule has 6 aromatic heterocycles. The molecule has 2 saturated heterocycles. The SMILES string of the molecule is CC(C)OCC(O)CN1CCCC(Nc2nc(-c3c[nH]c4ncc(Cl)cc34)ncc2F)C1.OCC(O)CN1CCCC(Nc2nc(-c3c[nH]c4ncc(Cl)cc34)ncc2F)C1. The van der Waals surface area contributed by atoms with Gasteiger partial charge < -0.3 is 40.7 Å². The number of fused-ring (bicyclic) bond motifs is 2. The van der Waals surface area contributed by atoms with Crippen molar-refractivity contribution in [1.82, 2.24) is 49.7 Å². The number of pyridine rings is 2. The van der Waals surface area contributed by atoms with Crippen molar-refractivity contribution in [2.24, 2.45) is 0 Å². The van der Waals surface area contributed by atoms with E-state index >= 15 is 0 Å². The molecule has 0 aromatic carbocycles. The largest absolute Gasteiger partial charge is 0.394 e. The number of hydrogen-bond donors (Lipinski definition) is 7. The van der Waals surface area contributed by atoms with Crippen LogP contribution in [0.1, 0.15) is 39.5 Å². The second-order valence-corrected chi connectivity index (χ2v) is 16.5. The molecule has 20 heteroatoms. The summed E-state index contributed by atoms with van der Waals surface area (Å²) in [5, 5.41) is 37.9. The number of ether oxygens (including phenoxy) is 1. The molecule has 7 N–H and O–H groups in total. The number of aromatic amines is 2. The third-order valence-electron chi connectivity index (χ3n) is 10.4. The number of H-pyrrole nitrogens is 2.